The monoisotopic (exact) mass is 408 g/mol. The lowest BCUT2D eigenvalue weighted by molar-refractivity contribution is -0.274. The highest BCUT2D eigenvalue weighted by Crippen LogP contribution is 2.23. The van der Waals surface area contributed by atoms with Crippen LogP contribution in [0.3, 0.4) is 0 Å². The smallest absolute Gasteiger partial charge is 0.406 e. The number of benzene rings is 1. The van der Waals surface area contributed by atoms with Gasteiger partial charge in [-0.3, -0.25) is 4.79 Å². The lowest BCUT2D eigenvalue weighted by Crippen LogP contribution is -2.36. The van der Waals surface area contributed by atoms with E-state index in [1.807, 2.05) is 0 Å². The van der Waals surface area contributed by atoms with E-state index < -0.39 is 22.1 Å². The standard InChI is InChI=1S/C17H23F3N2O4S/c18-17(19,20)26-14-6-8-15(9-7-14)27(24,25)21-11-10-16(23)22-12-4-2-1-3-5-13-22/h6-9,21H,1-5,10-13H2. The van der Waals surface area contributed by atoms with Crippen LogP contribution < -0.4 is 9.46 Å². The zero-order chi connectivity index (χ0) is 19.9. The molecule has 0 radical (unpaired) electrons. The van der Waals surface area contributed by atoms with E-state index in [1.165, 1.54) is 6.42 Å². The number of nitrogens with zero attached hydrogens (tertiary/aromatic N) is 1. The molecular weight excluding hydrogens is 385 g/mol. The average molecular weight is 408 g/mol. The molecule has 1 heterocycles. The highest BCUT2D eigenvalue weighted by atomic mass is 32.2. The van der Waals surface area contributed by atoms with Crippen molar-refractivity contribution < 1.29 is 31.1 Å². The average Bonchev–Trinajstić information content (AvgIpc) is 2.53. The van der Waals surface area contributed by atoms with Crippen LogP contribution >= 0.6 is 0 Å². The van der Waals surface area contributed by atoms with Gasteiger partial charge in [0.05, 0.1) is 4.90 Å². The Hall–Kier alpha value is -1.81. The van der Waals surface area contributed by atoms with Crippen molar-refractivity contribution in [2.75, 3.05) is 19.6 Å². The molecule has 0 saturated carbocycles. The van der Waals surface area contributed by atoms with Crippen molar-refractivity contribution in [1.82, 2.24) is 9.62 Å². The number of nitrogens with one attached hydrogen (secondary N) is 1. The van der Waals surface area contributed by atoms with Gasteiger partial charge in [-0.1, -0.05) is 19.3 Å². The van der Waals surface area contributed by atoms with Crippen LogP contribution in [-0.4, -0.2) is 45.2 Å². The number of rotatable bonds is 6. The van der Waals surface area contributed by atoms with Crippen molar-refractivity contribution in [3.63, 3.8) is 0 Å². The summed E-state index contributed by atoms with van der Waals surface area (Å²) < 4.78 is 66.8. The van der Waals surface area contributed by atoms with Crippen molar-refractivity contribution in [2.45, 2.75) is 49.8 Å². The Balaban J connectivity index is 1.85. The molecular formula is C17H23F3N2O4S. The third-order valence-electron chi connectivity index (χ3n) is 4.21. The Kier molecular flexibility index (Phi) is 7.49. The second-order valence-corrected chi connectivity index (χ2v) is 8.08. The van der Waals surface area contributed by atoms with Crippen LogP contribution in [0.2, 0.25) is 0 Å². The Labute approximate surface area is 156 Å². The first-order valence-corrected chi connectivity index (χ1v) is 10.3. The second kappa shape index (κ2) is 9.41. The fraction of sp³-hybridized carbons (Fsp3) is 0.588. The van der Waals surface area contributed by atoms with Crippen LogP contribution in [0.5, 0.6) is 5.75 Å². The van der Waals surface area contributed by atoms with E-state index in [0.29, 0.717) is 13.1 Å². The SMILES string of the molecule is O=C(CCNS(=O)(=O)c1ccc(OC(F)(F)F)cc1)N1CCCCCCC1. The molecule has 152 valence electrons. The van der Waals surface area contributed by atoms with E-state index in [2.05, 4.69) is 9.46 Å². The van der Waals surface area contributed by atoms with Gasteiger partial charge in [-0.15, -0.1) is 13.2 Å². The summed E-state index contributed by atoms with van der Waals surface area (Å²) in [5, 5.41) is 0. The molecule has 0 aromatic heterocycles. The van der Waals surface area contributed by atoms with E-state index in [1.54, 1.807) is 4.90 Å². The zero-order valence-electron chi connectivity index (χ0n) is 14.8. The van der Waals surface area contributed by atoms with Gasteiger partial charge < -0.3 is 9.64 Å². The fourth-order valence-electron chi connectivity index (χ4n) is 2.85. The van der Waals surface area contributed by atoms with Crippen molar-refractivity contribution >= 4 is 15.9 Å². The van der Waals surface area contributed by atoms with E-state index in [4.69, 9.17) is 0 Å². The number of halogens is 3. The van der Waals surface area contributed by atoms with Crippen molar-refractivity contribution in [3.8, 4) is 5.75 Å². The van der Waals surface area contributed by atoms with E-state index >= 15 is 0 Å². The topological polar surface area (TPSA) is 75.7 Å². The summed E-state index contributed by atoms with van der Waals surface area (Å²) in [6, 6.07) is 3.88. The molecule has 10 heteroatoms. The molecule has 1 N–H and O–H groups in total. The molecule has 0 bridgehead atoms. The Morgan fingerprint density at radius 1 is 1.04 bits per heavy atom. The van der Waals surface area contributed by atoms with Crippen LogP contribution in [0.15, 0.2) is 29.2 Å². The molecule has 27 heavy (non-hydrogen) atoms. The van der Waals surface area contributed by atoms with Gasteiger partial charge in [0.1, 0.15) is 5.75 Å². The Morgan fingerprint density at radius 2 is 1.59 bits per heavy atom. The molecule has 6 nitrogen and oxygen atoms in total. The third kappa shape index (κ3) is 7.37. The normalized spacial score (nSPS) is 16.5. The molecule has 2 rings (SSSR count). The van der Waals surface area contributed by atoms with Crippen molar-refractivity contribution in [2.24, 2.45) is 0 Å². The van der Waals surface area contributed by atoms with Gasteiger partial charge in [0, 0.05) is 26.1 Å². The maximum Gasteiger partial charge on any atom is 0.573 e. The summed E-state index contributed by atoms with van der Waals surface area (Å²) in [5.41, 5.74) is 0. The van der Waals surface area contributed by atoms with Crippen LogP contribution in [0, 0.1) is 0 Å². The number of likely N-dealkylation sites (tertiary alicyclic amines) is 1. The largest absolute Gasteiger partial charge is 0.573 e. The quantitative estimate of drug-likeness (QED) is 0.785. The minimum absolute atomic E-state index is 0.0362. The minimum Gasteiger partial charge on any atom is -0.406 e. The number of alkyl halides is 3. The third-order valence-corrected chi connectivity index (χ3v) is 5.68. The van der Waals surface area contributed by atoms with Crippen LogP contribution in [0.25, 0.3) is 0 Å². The maximum atomic E-state index is 12.2. The summed E-state index contributed by atoms with van der Waals surface area (Å²) >= 11 is 0. The molecule has 0 spiro atoms. The molecule has 1 aliphatic rings. The highest BCUT2D eigenvalue weighted by molar-refractivity contribution is 7.89. The number of carbonyl (C=O) groups excluding carboxylic acids is 1. The highest BCUT2D eigenvalue weighted by Gasteiger charge is 2.31. The van der Waals surface area contributed by atoms with E-state index in [9.17, 15) is 26.4 Å². The lowest BCUT2D eigenvalue weighted by Gasteiger charge is -2.24. The summed E-state index contributed by atoms with van der Waals surface area (Å²) in [6.07, 6.45) is 0.441. The summed E-state index contributed by atoms with van der Waals surface area (Å²) in [4.78, 5) is 13.8. The maximum absolute atomic E-state index is 12.2. The summed E-state index contributed by atoms with van der Waals surface area (Å²) in [6.45, 7) is 1.30. The van der Waals surface area contributed by atoms with Gasteiger partial charge in [-0.2, -0.15) is 0 Å². The Morgan fingerprint density at radius 3 is 2.15 bits per heavy atom. The molecule has 1 amide bonds. The van der Waals surface area contributed by atoms with Crippen molar-refractivity contribution in [3.05, 3.63) is 24.3 Å². The number of amides is 1. The number of ether oxygens (including phenoxy) is 1. The predicted octanol–water partition coefficient (Wildman–Crippen LogP) is 3.05. The minimum atomic E-state index is -4.84. The molecule has 1 fully saturated rings. The molecule has 0 unspecified atom stereocenters. The summed E-state index contributed by atoms with van der Waals surface area (Å²) in [5.74, 6) is -0.609. The number of hydrogen-bond donors (Lipinski definition) is 1. The van der Waals surface area contributed by atoms with E-state index in [0.717, 1.165) is 49.9 Å². The van der Waals surface area contributed by atoms with Crippen LogP contribution in [0.1, 0.15) is 38.5 Å². The van der Waals surface area contributed by atoms with Gasteiger partial charge in [-0.25, -0.2) is 13.1 Å². The summed E-state index contributed by atoms with van der Waals surface area (Å²) in [7, 11) is -3.92. The first kappa shape index (κ1) is 21.5. The van der Waals surface area contributed by atoms with E-state index in [-0.39, 0.29) is 23.8 Å². The molecule has 1 aromatic rings. The second-order valence-electron chi connectivity index (χ2n) is 6.32. The van der Waals surface area contributed by atoms with Gasteiger partial charge in [0.25, 0.3) is 0 Å². The Bertz CT molecular complexity index is 713. The van der Waals surface area contributed by atoms with Gasteiger partial charge in [0.2, 0.25) is 15.9 Å². The molecule has 0 aliphatic carbocycles. The van der Waals surface area contributed by atoms with Gasteiger partial charge >= 0.3 is 6.36 Å². The lowest BCUT2D eigenvalue weighted by atomic mass is 10.1. The number of sulfonamides is 1. The fourth-order valence-corrected chi connectivity index (χ4v) is 3.88. The first-order valence-electron chi connectivity index (χ1n) is 8.81. The predicted molar refractivity (Wildman–Crippen MR) is 92.6 cm³/mol. The molecule has 1 saturated heterocycles. The molecule has 1 aromatic carbocycles. The molecule has 0 atom stereocenters. The zero-order valence-corrected chi connectivity index (χ0v) is 15.6. The van der Waals surface area contributed by atoms with Crippen LogP contribution in [-0.2, 0) is 14.8 Å². The number of carbonyl (C=O) groups is 1. The number of hydrogen-bond acceptors (Lipinski definition) is 4. The molecule has 1 aliphatic heterocycles. The van der Waals surface area contributed by atoms with Crippen LogP contribution in [0.4, 0.5) is 13.2 Å². The van der Waals surface area contributed by atoms with Crippen molar-refractivity contribution in [1.29, 1.82) is 0 Å². The van der Waals surface area contributed by atoms with Gasteiger partial charge in [0.15, 0.2) is 0 Å². The first-order chi connectivity index (χ1) is 12.7. The van der Waals surface area contributed by atoms with Gasteiger partial charge in [-0.05, 0) is 37.1 Å².